The van der Waals surface area contributed by atoms with Crippen LogP contribution in [0, 0.1) is 6.92 Å². The highest BCUT2D eigenvalue weighted by Crippen LogP contribution is 2.42. The lowest BCUT2D eigenvalue weighted by atomic mass is 9.67. The lowest BCUT2D eigenvalue weighted by Gasteiger charge is -2.44. The molecular formula is C16H23NO. The van der Waals surface area contributed by atoms with Gasteiger partial charge in [0.05, 0.1) is 11.0 Å². The Morgan fingerprint density at radius 2 is 1.72 bits per heavy atom. The lowest BCUT2D eigenvalue weighted by Crippen LogP contribution is -2.56. The first-order valence-electron chi connectivity index (χ1n) is 6.81. The molecule has 1 aromatic carbocycles. The van der Waals surface area contributed by atoms with E-state index < -0.39 is 0 Å². The van der Waals surface area contributed by atoms with Crippen LogP contribution in [0.15, 0.2) is 18.2 Å². The maximum absolute atomic E-state index is 12.6. The molecule has 2 heteroatoms. The molecule has 1 aliphatic heterocycles. The normalized spacial score (nSPS) is 20.2. The number of aryl methyl sites for hydroxylation is 1. The largest absolute Gasteiger partial charge is 0.346 e. The number of fused-ring (bicyclic) bond motifs is 1. The third kappa shape index (κ3) is 1.66. The monoisotopic (exact) mass is 245 g/mol. The molecule has 0 saturated heterocycles. The van der Waals surface area contributed by atoms with Crippen LogP contribution in [0.4, 0.5) is 0 Å². The van der Waals surface area contributed by atoms with Gasteiger partial charge >= 0.3 is 0 Å². The van der Waals surface area contributed by atoms with Crippen LogP contribution in [-0.4, -0.2) is 5.91 Å². The predicted octanol–water partition coefficient (Wildman–Crippen LogP) is 3.42. The van der Waals surface area contributed by atoms with Crippen molar-refractivity contribution in [3.05, 3.63) is 34.9 Å². The van der Waals surface area contributed by atoms with Crippen molar-refractivity contribution in [2.45, 2.75) is 58.4 Å². The molecule has 0 atom stereocenters. The van der Waals surface area contributed by atoms with Crippen molar-refractivity contribution < 1.29 is 4.79 Å². The summed E-state index contributed by atoms with van der Waals surface area (Å²) >= 11 is 0. The van der Waals surface area contributed by atoms with Gasteiger partial charge < -0.3 is 5.32 Å². The van der Waals surface area contributed by atoms with Gasteiger partial charge in [-0.1, -0.05) is 37.6 Å². The molecular weight excluding hydrogens is 222 g/mol. The quantitative estimate of drug-likeness (QED) is 0.850. The van der Waals surface area contributed by atoms with Gasteiger partial charge in [-0.15, -0.1) is 0 Å². The van der Waals surface area contributed by atoms with E-state index in [4.69, 9.17) is 0 Å². The summed E-state index contributed by atoms with van der Waals surface area (Å²) in [6, 6.07) is 6.50. The summed E-state index contributed by atoms with van der Waals surface area (Å²) in [6.07, 6.45) is 1.70. The van der Waals surface area contributed by atoms with Crippen molar-refractivity contribution in [1.29, 1.82) is 0 Å². The van der Waals surface area contributed by atoms with Crippen LogP contribution in [0.25, 0.3) is 0 Å². The molecule has 1 aromatic rings. The Labute approximate surface area is 110 Å². The van der Waals surface area contributed by atoms with Gasteiger partial charge in [0.2, 0.25) is 5.91 Å². The van der Waals surface area contributed by atoms with E-state index in [-0.39, 0.29) is 16.9 Å². The average Bonchev–Trinajstić information content (AvgIpc) is 2.29. The van der Waals surface area contributed by atoms with Gasteiger partial charge in [0, 0.05) is 0 Å². The summed E-state index contributed by atoms with van der Waals surface area (Å²) in [4.78, 5) is 12.6. The maximum Gasteiger partial charge on any atom is 0.231 e. The molecule has 98 valence electrons. The molecule has 0 saturated carbocycles. The molecule has 2 rings (SSSR count). The minimum Gasteiger partial charge on any atom is -0.346 e. The third-order valence-corrected chi connectivity index (χ3v) is 4.43. The van der Waals surface area contributed by atoms with Crippen LogP contribution in [-0.2, 0) is 15.7 Å². The predicted molar refractivity (Wildman–Crippen MR) is 74.6 cm³/mol. The van der Waals surface area contributed by atoms with E-state index in [9.17, 15) is 4.79 Å². The highest BCUT2D eigenvalue weighted by Gasteiger charge is 2.46. The minimum absolute atomic E-state index is 0.176. The highest BCUT2D eigenvalue weighted by atomic mass is 16.2. The summed E-state index contributed by atoms with van der Waals surface area (Å²) in [5, 5.41) is 3.19. The summed E-state index contributed by atoms with van der Waals surface area (Å²) in [5.74, 6) is 0.176. The van der Waals surface area contributed by atoms with Crippen LogP contribution in [0.3, 0.4) is 0 Å². The summed E-state index contributed by atoms with van der Waals surface area (Å²) in [6.45, 7) is 10.5. The van der Waals surface area contributed by atoms with Crippen LogP contribution in [0.1, 0.15) is 57.2 Å². The number of rotatable bonds is 2. The van der Waals surface area contributed by atoms with Crippen LogP contribution < -0.4 is 5.32 Å². The van der Waals surface area contributed by atoms with Crippen molar-refractivity contribution in [3.63, 3.8) is 0 Å². The topological polar surface area (TPSA) is 29.1 Å². The van der Waals surface area contributed by atoms with Crippen molar-refractivity contribution in [3.8, 4) is 0 Å². The molecule has 0 spiro atoms. The molecule has 1 N–H and O–H groups in total. The number of hydrogen-bond acceptors (Lipinski definition) is 1. The third-order valence-electron chi connectivity index (χ3n) is 4.43. The maximum atomic E-state index is 12.6. The Bertz CT molecular complexity index is 484. The van der Waals surface area contributed by atoms with E-state index in [0.717, 1.165) is 12.8 Å². The first-order valence-corrected chi connectivity index (χ1v) is 6.81. The van der Waals surface area contributed by atoms with Crippen LogP contribution in [0.5, 0.6) is 0 Å². The van der Waals surface area contributed by atoms with Gasteiger partial charge in [-0.2, -0.15) is 0 Å². The Balaban J connectivity index is 2.75. The number of carbonyl (C=O) groups is 1. The Morgan fingerprint density at radius 1 is 1.11 bits per heavy atom. The second kappa shape index (κ2) is 4.11. The van der Waals surface area contributed by atoms with E-state index in [1.807, 2.05) is 0 Å². The van der Waals surface area contributed by atoms with E-state index in [0.29, 0.717) is 0 Å². The van der Waals surface area contributed by atoms with Crippen molar-refractivity contribution in [2.75, 3.05) is 0 Å². The molecule has 2 nitrogen and oxygen atoms in total. The number of carbonyl (C=O) groups excluding carboxylic acids is 1. The Hall–Kier alpha value is -1.31. The zero-order valence-corrected chi connectivity index (χ0v) is 12.1. The fraction of sp³-hybridized carbons (Fsp3) is 0.562. The fourth-order valence-corrected chi connectivity index (χ4v) is 3.14. The molecule has 18 heavy (non-hydrogen) atoms. The number of nitrogens with one attached hydrogen (secondary N) is 1. The first-order chi connectivity index (χ1) is 8.37. The Morgan fingerprint density at radius 3 is 2.28 bits per heavy atom. The fourth-order valence-electron chi connectivity index (χ4n) is 3.14. The summed E-state index contributed by atoms with van der Waals surface area (Å²) < 4.78 is 0. The molecule has 1 aliphatic rings. The van der Waals surface area contributed by atoms with Crippen LogP contribution in [0.2, 0.25) is 0 Å². The minimum atomic E-state index is -0.350. The number of benzene rings is 1. The number of amides is 1. The second-order valence-corrected chi connectivity index (χ2v) is 5.92. The van der Waals surface area contributed by atoms with Gasteiger partial charge in [-0.25, -0.2) is 0 Å². The molecule has 0 unspecified atom stereocenters. The van der Waals surface area contributed by atoms with Crippen molar-refractivity contribution >= 4 is 5.91 Å². The molecule has 0 aromatic heterocycles. The summed E-state index contributed by atoms with van der Waals surface area (Å²) in [5.41, 5.74) is 3.09. The molecule has 1 amide bonds. The van der Waals surface area contributed by atoms with Crippen molar-refractivity contribution in [1.82, 2.24) is 5.32 Å². The van der Waals surface area contributed by atoms with E-state index in [1.165, 1.54) is 16.7 Å². The average molecular weight is 245 g/mol. The SMILES string of the molecule is CCC1(CC)C(=O)NC(C)(C)c2ccc(C)cc21. The van der Waals surface area contributed by atoms with E-state index >= 15 is 0 Å². The van der Waals surface area contributed by atoms with Crippen LogP contribution >= 0.6 is 0 Å². The standard InChI is InChI=1S/C16H23NO/c1-6-16(7-2)13-10-11(3)8-9-12(13)15(4,5)17-14(16)18/h8-10H,6-7H2,1-5H3,(H,17,18). The zero-order chi connectivity index (χ0) is 13.6. The summed E-state index contributed by atoms with van der Waals surface area (Å²) in [7, 11) is 0. The van der Waals surface area contributed by atoms with Gasteiger partial charge in [0.25, 0.3) is 0 Å². The smallest absolute Gasteiger partial charge is 0.231 e. The van der Waals surface area contributed by atoms with Gasteiger partial charge in [0.15, 0.2) is 0 Å². The Kier molecular flexibility index (Phi) is 3.00. The molecule has 0 bridgehead atoms. The molecule has 1 heterocycles. The zero-order valence-electron chi connectivity index (χ0n) is 12.1. The van der Waals surface area contributed by atoms with Gasteiger partial charge in [0.1, 0.15) is 0 Å². The number of hydrogen-bond donors (Lipinski definition) is 1. The van der Waals surface area contributed by atoms with Gasteiger partial charge in [-0.3, -0.25) is 4.79 Å². The first kappa shape index (κ1) is 13.1. The van der Waals surface area contributed by atoms with Gasteiger partial charge in [-0.05, 0) is 44.7 Å². The van der Waals surface area contributed by atoms with E-state index in [2.05, 4.69) is 58.1 Å². The lowest BCUT2D eigenvalue weighted by molar-refractivity contribution is -0.130. The molecule has 0 fully saturated rings. The van der Waals surface area contributed by atoms with Crippen molar-refractivity contribution in [2.24, 2.45) is 0 Å². The van der Waals surface area contributed by atoms with E-state index in [1.54, 1.807) is 0 Å². The molecule has 0 aliphatic carbocycles. The highest BCUT2D eigenvalue weighted by molar-refractivity contribution is 5.91. The molecule has 0 radical (unpaired) electrons. The second-order valence-electron chi connectivity index (χ2n) is 5.92.